The van der Waals surface area contributed by atoms with Crippen molar-refractivity contribution in [2.75, 3.05) is 43.6 Å². The summed E-state index contributed by atoms with van der Waals surface area (Å²) < 4.78 is 57.9. The molecule has 31 heavy (non-hydrogen) atoms. The Kier molecular flexibility index (Phi) is 6.15. The first-order chi connectivity index (χ1) is 14.8. The number of ether oxygens (including phenoxy) is 3. The lowest BCUT2D eigenvalue weighted by molar-refractivity contribution is -0.137. The summed E-state index contributed by atoms with van der Waals surface area (Å²) in [6, 6.07) is 2.20. The van der Waals surface area contributed by atoms with Crippen molar-refractivity contribution in [3.05, 3.63) is 23.9 Å². The molecule has 2 aliphatic rings. The Balaban J connectivity index is 1.78. The smallest absolute Gasteiger partial charge is 0.417 e. The van der Waals surface area contributed by atoms with Crippen LogP contribution in [0.5, 0.6) is 5.88 Å². The molecule has 168 valence electrons. The molecule has 2 aromatic rings. The van der Waals surface area contributed by atoms with E-state index in [0.29, 0.717) is 51.8 Å². The summed E-state index contributed by atoms with van der Waals surface area (Å²) in [4.78, 5) is 14.7. The number of alkyl halides is 3. The molecule has 2 saturated heterocycles. The molecule has 0 spiro atoms. The first-order valence-electron chi connectivity index (χ1n) is 10.1. The van der Waals surface area contributed by atoms with E-state index in [4.69, 9.17) is 19.9 Å². The van der Waals surface area contributed by atoms with Gasteiger partial charge in [-0.05, 0) is 13.0 Å². The highest BCUT2D eigenvalue weighted by molar-refractivity contribution is 5.67. The number of pyridine rings is 1. The van der Waals surface area contributed by atoms with Gasteiger partial charge < -0.3 is 24.8 Å². The fourth-order valence-electron chi connectivity index (χ4n) is 3.64. The Labute approximate surface area is 177 Å². The van der Waals surface area contributed by atoms with Gasteiger partial charge >= 0.3 is 6.18 Å². The third kappa shape index (κ3) is 4.99. The molecule has 0 saturated carbocycles. The van der Waals surface area contributed by atoms with Gasteiger partial charge in [0, 0.05) is 37.2 Å². The number of anilines is 2. The Hall–Kier alpha value is -2.66. The highest BCUT2D eigenvalue weighted by atomic mass is 19.4. The molecular weight excluding hydrogens is 415 g/mol. The minimum absolute atomic E-state index is 0.0356. The topological polar surface area (TPSA) is 95.6 Å². The Morgan fingerprint density at radius 1 is 1.13 bits per heavy atom. The van der Waals surface area contributed by atoms with Gasteiger partial charge in [0.2, 0.25) is 11.8 Å². The predicted molar refractivity (Wildman–Crippen MR) is 107 cm³/mol. The molecule has 11 heteroatoms. The highest BCUT2D eigenvalue weighted by Crippen LogP contribution is 2.38. The summed E-state index contributed by atoms with van der Waals surface area (Å²) >= 11 is 0. The van der Waals surface area contributed by atoms with Crippen LogP contribution in [-0.2, 0) is 15.7 Å². The maximum atomic E-state index is 13.7. The number of nitrogen functional groups attached to an aromatic ring is 1. The molecule has 0 aromatic carbocycles. The normalized spacial score (nSPS) is 20.6. The molecule has 2 aromatic heterocycles. The molecule has 2 fully saturated rings. The van der Waals surface area contributed by atoms with Gasteiger partial charge in [0.15, 0.2) is 0 Å². The highest BCUT2D eigenvalue weighted by Gasteiger charge is 2.35. The average molecular weight is 439 g/mol. The van der Waals surface area contributed by atoms with Gasteiger partial charge in [-0.3, -0.25) is 0 Å². The maximum absolute atomic E-state index is 13.7. The van der Waals surface area contributed by atoms with Crippen LogP contribution < -0.4 is 15.4 Å². The number of hydrogen-bond donors (Lipinski definition) is 1. The van der Waals surface area contributed by atoms with Crippen molar-refractivity contribution in [3.8, 4) is 17.1 Å². The lowest BCUT2D eigenvalue weighted by Gasteiger charge is -2.33. The lowest BCUT2D eigenvalue weighted by atomic mass is 10.1. The second kappa shape index (κ2) is 8.83. The van der Waals surface area contributed by atoms with Crippen LogP contribution in [0.25, 0.3) is 11.3 Å². The van der Waals surface area contributed by atoms with E-state index >= 15 is 0 Å². The standard InChI is InChI=1S/C20H24F3N5O3/c1-12-11-30-7-4-28(12)19-26-16(9-18(27-19)31-13-2-5-29-6-3-13)14-10-25-17(24)8-15(14)20(21,22)23/h8-10,12-13H,2-7,11H2,1H3,(H2,24,25)/t12-/m0/s1. The number of nitrogens with zero attached hydrogens (tertiary/aromatic N) is 4. The zero-order valence-corrected chi connectivity index (χ0v) is 17.1. The molecule has 0 amide bonds. The number of hydrogen-bond acceptors (Lipinski definition) is 8. The van der Waals surface area contributed by atoms with Gasteiger partial charge in [-0.25, -0.2) is 9.97 Å². The third-order valence-corrected chi connectivity index (χ3v) is 5.28. The lowest BCUT2D eigenvalue weighted by Crippen LogP contribution is -2.44. The molecule has 4 rings (SSSR count). The first-order valence-corrected chi connectivity index (χ1v) is 10.1. The quantitative estimate of drug-likeness (QED) is 0.777. The predicted octanol–water partition coefficient (Wildman–Crippen LogP) is 2.92. The minimum atomic E-state index is -4.62. The SMILES string of the molecule is C[C@H]1COCCN1c1nc(OC2CCOCC2)cc(-c2cnc(N)cc2C(F)(F)F)n1. The van der Waals surface area contributed by atoms with Crippen LogP contribution in [0.2, 0.25) is 0 Å². The van der Waals surface area contributed by atoms with Gasteiger partial charge in [-0.1, -0.05) is 0 Å². The summed E-state index contributed by atoms with van der Waals surface area (Å²) in [6.45, 7) is 4.55. The number of halogens is 3. The number of morpholine rings is 1. The molecular formula is C20H24F3N5O3. The molecule has 0 aliphatic carbocycles. The zero-order chi connectivity index (χ0) is 22.0. The van der Waals surface area contributed by atoms with Crippen LogP contribution in [0, 0.1) is 0 Å². The number of nitrogens with two attached hydrogens (primary N) is 1. The van der Waals surface area contributed by atoms with Crippen LogP contribution in [-0.4, -0.2) is 60.1 Å². The summed E-state index contributed by atoms with van der Waals surface area (Å²) in [5.74, 6) is 0.293. The minimum Gasteiger partial charge on any atom is -0.474 e. The Bertz CT molecular complexity index is 921. The molecule has 2 N–H and O–H groups in total. The number of aromatic nitrogens is 3. The van der Waals surface area contributed by atoms with Crippen molar-refractivity contribution in [1.29, 1.82) is 0 Å². The monoisotopic (exact) mass is 439 g/mol. The molecule has 4 heterocycles. The first kappa shape index (κ1) is 21.6. The van der Waals surface area contributed by atoms with Crippen LogP contribution in [0.4, 0.5) is 24.9 Å². The zero-order valence-electron chi connectivity index (χ0n) is 17.1. The molecule has 1 atom stereocenters. The molecule has 0 bridgehead atoms. The van der Waals surface area contributed by atoms with E-state index in [1.807, 2.05) is 11.8 Å². The fourth-order valence-corrected chi connectivity index (χ4v) is 3.64. The Morgan fingerprint density at radius 3 is 2.61 bits per heavy atom. The van der Waals surface area contributed by atoms with E-state index in [0.717, 1.165) is 12.3 Å². The maximum Gasteiger partial charge on any atom is 0.417 e. The van der Waals surface area contributed by atoms with Gasteiger partial charge in [-0.15, -0.1) is 0 Å². The van der Waals surface area contributed by atoms with Crippen LogP contribution in [0.15, 0.2) is 18.3 Å². The van der Waals surface area contributed by atoms with Gasteiger partial charge in [-0.2, -0.15) is 18.2 Å². The fraction of sp³-hybridized carbons (Fsp3) is 0.550. The molecule has 2 aliphatic heterocycles. The Morgan fingerprint density at radius 2 is 1.90 bits per heavy atom. The van der Waals surface area contributed by atoms with Crippen LogP contribution in [0.1, 0.15) is 25.3 Å². The van der Waals surface area contributed by atoms with E-state index in [9.17, 15) is 13.2 Å². The second-order valence-electron chi connectivity index (χ2n) is 7.59. The van der Waals surface area contributed by atoms with Gasteiger partial charge in [0.1, 0.15) is 11.9 Å². The molecule has 0 unspecified atom stereocenters. The van der Waals surface area contributed by atoms with E-state index < -0.39 is 11.7 Å². The summed E-state index contributed by atoms with van der Waals surface area (Å²) in [5, 5.41) is 0. The second-order valence-corrected chi connectivity index (χ2v) is 7.59. The van der Waals surface area contributed by atoms with Gasteiger partial charge in [0.05, 0.1) is 43.7 Å². The average Bonchev–Trinajstić information content (AvgIpc) is 2.74. The third-order valence-electron chi connectivity index (χ3n) is 5.28. The van der Waals surface area contributed by atoms with E-state index in [1.165, 1.54) is 6.07 Å². The van der Waals surface area contributed by atoms with Crippen molar-refractivity contribution in [1.82, 2.24) is 15.0 Å². The summed E-state index contributed by atoms with van der Waals surface area (Å²) in [6.07, 6.45) is -2.30. The van der Waals surface area contributed by atoms with Crippen molar-refractivity contribution < 1.29 is 27.4 Å². The van der Waals surface area contributed by atoms with Crippen molar-refractivity contribution >= 4 is 11.8 Å². The number of rotatable bonds is 4. The van der Waals surface area contributed by atoms with Gasteiger partial charge in [0.25, 0.3) is 0 Å². The van der Waals surface area contributed by atoms with Crippen molar-refractivity contribution in [2.45, 2.75) is 38.1 Å². The summed E-state index contributed by atoms with van der Waals surface area (Å²) in [7, 11) is 0. The van der Waals surface area contributed by atoms with Crippen molar-refractivity contribution in [2.24, 2.45) is 0 Å². The van der Waals surface area contributed by atoms with Crippen LogP contribution in [0.3, 0.4) is 0 Å². The van der Waals surface area contributed by atoms with E-state index in [2.05, 4.69) is 15.0 Å². The molecule has 0 radical (unpaired) electrons. The molecule has 8 nitrogen and oxygen atoms in total. The van der Waals surface area contributed by atoms with Crippen molar-refractivity contribution in [3.63, 3.8) is 0 Å². The largest absolute Gasteiger partial charge is 0.474 e. The van der Waals surface area contributed by atoms with E-state index in [1.54, 1.807) is 0 Å². The summed E-state index contributed by atoms with van der Waals surface area (Å²) in [5.41, 5.74) is 4.51. The van der Waals surface area contributed by atoms with Crippen LogP contribution >= 0.6 is 0 Å². The van der Waals surface area contributed by atoms with E-state index in [-0.39, 0.29) is 35.1 Å².